The summed E-state index contributed by atoms with van der Waals surface area (Å²) in [7, 11) is 1.86. The largest absolute Gasteiger partial charge is 0.386 e. The molecule has 0 spiro atoms. The number of anilines is 2. The van der Waals surface area contributed by atoms with E-state index in [1.807, 2.05) is 19.3 Å². The molecule has 100 valence electrons. The van der Waals surface area contributed by atoms with Crippen LogP contribution in [0.5, 0.6) is 0 Å². The van der Waals surface area contributed by atoms with Crippen molar-refractivity contribution in [3.05, 3.63) is 30.2 Å². The molecule has 19 heavy (non-hydrogen) atoms. The van der Waals surface area contributed by atoms with Gasteiger partial charge in [-0.3, -0.25) is 0 Å². The average Bonchev–Trinajstić information content (AvgIpc) is 2.46. The van der Waals surface area contributed by atoms with Crippen LogP contribution in [0.2, 0.25) is 0 Å². The van der Waals surface area contributed by atoms with Gasteiger partial charge in [-0.25, -0.2) is 9.37 Å². The normalized spacial score (nSPS) is 15.8. The van der Waals surface area contributed by atoms with Gasteiger partial charge in [-0.1, -0.05) is 0 Å². The smallest absolute Gasteiger partial charge is 0.136 e. The summed E-state index contributed by atoms with van der Waals surface area (Å²) >= 11 is 0. The number of halogens is 1. The number of hydrogen-bond acceptors (Lipinski definition) is 3. The molecule has 1 N–H and O–H groups in total. The number of benzene rings is 1. The van der Waals surface area contributed by atoms with Crippen molar-refractivity contribution in [2.45, 2.75) is 19.3 Å². The molecule has 4 heteroatoms. The number of hydrogen-bond donors (Lipinski definition) is 1. The van der Waals surface area contributed by atoms with Crippen LogP contribution in [0.4, 0.5) is 15.9 Å². The Bertz CT molecular complexity index is 591. The third-order valence-electron chi connectivity index (χ3n) is 3.75. The molecule has 0 atom stereocenters. The molecule has 0 aliphatic carbocycles. The van der Waals surface area contributed by atoms with E-state index in [2.05, 4.69) is 15.2 Å². The molecular formula is C15H18FN3. The number of fused-ring (bicyclic) bond motifs is 1. The van der Waals surface area contributed by atoms with Gasteiger partial charge in [-0.15, -0.1) is 0 Å². The Hall–Kier alpha value is -1.84. The molecule has 2 aromatic rings. The van der Waals surface area contributed by atoms with Gasteiger partial charge in [-0.2, -0.15) is 0 Å². The van der Waals surface area contributed by atoms with E-state index >= 15 is 0 Å². The highest BCUT2D eigenvalue weighted by Crippen LogP contribution is 2.31. The standard InChI is InChI=1S/C15H18FN3/c1-17-14-10-18-15(19-7-3-2-4-8-19)13-9-11(16)5-6-12(13)14/h5-6,9-10,17H,2-4,7-8H2,1H3. The van der Waals surface area contributed by atoms with E-state index in [9.17, 15) is 4.39 Å². The first-order valence-electron chi connectivity index (χ1n) is 6.80. The van der Waals surface area contributed by atoms with E-state index in [1.165, 1.54) is 25.3 Å². The molecule has 2 heterocycles. The first kappa shape index (κ1) is 12.2. The lowest BCUT2D eigenvalue weighted by molar-refractivity contribution is 0.574. The summed E-state index contributed by atoms with van der Waals surface area (Å²) in [4.78, 5) is 6.81. The number of rotatable bonds is 2. The zero-order chi connectivity index (χ0) is 13.2. The van der Waals surface area contributed by atoms with Crippen LogP contribution in [0.25, 0.3) is 10.8 Å². The molecule has 0 amide bonds. The van der Waals surface area contributed by atoms with E-state index in [0.717, 1.165) is 35.4 Å². The topological polar surface area (TPSA) is 28.2 Å². The molecule has 1 aromatic heterocycles. The van der Waals surface area contributed by atoms with Crippen molar-refractivity contribution in [3.8, 4) is 0 Å². The van der Waals surface area contributed by atoms with Crippen molar-refractivity contribution in [2.24, 2.45) is 0 Å². The van der Waals surface area contributed by atoms with E-state index in [1.54, 1.807) is 6.07 Å². The summed E-state index contributed by atoms with van der Waals surface area (Å²) in [5.41, 5.74) is 0.941. The minimum Gasteiger partial charge on any atom is -0.386 e. The van der Waals surface area contributed by atoms with Gasteiger partial charge in [0.1, 0.15) is 11.6 Å². The zero-order valence-electron chi connectivity index (χ0n) is 11.1. The minimum atomic E-state index is -0.208. The quantitative estimate of drug-likeness (QED) is 0.896. The Balaban J connectivity index is 2.15. The van der Waals surface area contributed by atoms with Gasteiger partial charge in [0.25, 0.3) is 0 Å². The van der Waals surface area contributed by atoms with E-state index in [-0.39, 0.29) is 5.82 Å². The van der Waals surface area contributed by atoms with Gasteiger partial charge in [-0.05, 0) is 37.5 Å². The van der Waals surface area contributed by atoms with Crippen LogP contribution in [-0.4, -0.2) is 25.1 Å². The highest BCUT2D eigenvalue weighted by atomic mass is 19.1. The maximum absolute atomic E-state index is 13.6. The van der Waals surface area contributed by atoms with Gasteiger partial charge in [0.15, 0.2) is 0 Å². The Morgan fingerprint density at radius 2 is 1.95 bits per heavy atom. The fourth-order valence-electron chi connectivity index (χ4n) is 2.76. The Kier molecular flexibility index (Phi) is 3.23. The Morgan fingerprint density at radius 3 is 2.68 bits per heavy atom. The van der Waals surface area contributed by atoms with Crippen molar-refractivity contribution >= 4 is 22.3 Å². The SMILES string of the molecule is CNc1cnc(N2CCCCC2)c2cc(F)ccc12. The lowest BCUT2D eigenvalue weighted by Gasteiger charge is -2.29. The van der Waals surface area contributed by atoms with Crippen molar-refractivity contribution in [2.75, 3.05) is 30.4 Å². The molecule has 3 nitrogen and oxygen atoms in total. The van der Waals surface area contributed by atoms with Gasteiger partial charge in [0.2, 0.25) is 0 Å². The lowest BCUT2D eigenvalue weighted by Crippen LogP contribution is -2.30. The fraction of sp³-hybridized carbons (Fsp3) is 0.400. The monoisotopic (exact) mass is 259 g/mol. The molecule has 1 aliphatic rings. The van der Waals surface area contributed by atoms with Crippen molar-refractivity contribution < 1.29 is 4.39 Å². The molecule has 0 unspecified atom stereocenters. The highest BCUT2D eigenvalue weighted by Gasteiger charge is 2.16. The average molecular weight is 259 g/mol. The molecule has 0 radical (unpaired) electrons. The molecule has 1 aromatic carbocycles. The van der Waals surface area contributed by atoms with E-state index in [0.29, 0.717) is 0 Å². The summed E-state index contributed by atoms with van der Waals surface area (Å²) in [5.74, 6) is 0.703. The molecule has 1 fully saturated rings. The maximum atomic E-state index is 13.6. The van der Waals surface area contributed by atoms with Crippen molar-refractivity contribution in [1.29, 1.82) is 0 Å². The Labute approximate surface area is 112 Å². The first-order chi connectivity index (χ1) is 9.29. The Morgan fingerprint density at radius 1 is 1.16 bits per heavy atom. The number of piperidine rings is 1. The lowest BCUT2D eigenvalue weighted by atomic mass is 10.1. The second-order valence-electron chi connectivity index (χ2n) is 4.98. The van der Waals surface area contributed by atoms with E-state index < -0.39 is 0 Å². The van der Waals surface area contributed by atoms with Crippen LogP contribution >= 0.6 is 0 Å². The van der Waals surface area contributed by atoms with Crippen LogP contribution in [0.15, 0.2) is 24.4 Å². The zero-order valence-corrected chi connectivity index (χ0v) is 11.1. The van der Waals surface area contributed by atoms with E-state index in [4.69, 9.17) is 0 Å². The van der Waals surface area contributed by atoms with Gasteiger partial charge >= 0.3 is 0 Å². The second-order valence-corrected chi connectivity index (χ2v) is 4.98. The number of aromatic nitrogens is 1. The molecular weight excluding hydrogens is 241 g/mol. The van der Waals surface area contributed by atoms with Crippen LogP contribution < -0.4 is 10.2 Å². The molecule has 1 saturated heterocycles. The molecule has 3 rings (SSSR count). The third kappa shape index (κ3) is 2.23. The van der Waals surface area contributed by atoms with Gasteiger partial charge in [0, 0.05) is 30.9 Å². The third-order valence-corrected chi connectivity index (χ3v) is 3.75. The maximum Gasteiger partial charge on any atom is 0.136 e. The summed E-state index contributed by atoms with van der Waals surface area (Å²) in [6.45, 7) is 2.02. The minimum absolute atomic E-state index is 0.208. The molecule has 1 aliphatic heterocycles. The van der Waals surface area contributed by atoms with Crippen LogP contribution in [0.3, 0.4) is 0 Å². The predicted molar refractivity (Wildman–Crippen MR) is 77.3 cm³/mol. The summed E-state index contributed by atoms with van der Waals surface area (Å²) < 4.78 is 13.6. The molecule has 0 saturated carbocycles. The molecule has 0 bridgehead atoms. The highest BCUT2D eigenvalue weighted by molar-refractivity contribution is 6.00. The summed E-state index contributed by atoms with van der Waals surface area (Å²) in [5, 5.41) is 5.04. The van der Waals surface area contributed by atoms with Crippen LogP contribution in [-0.2, 0) is 0 Å². The summed E-state index contributed by atoms with van der Waals surface area (Å²) in [6.07, 6.45) is 5.49. The van der Waals surface area contributed by atoms with Crippen LogP contribution in [0.1, 0.15) is 19.3 Å². The predicted octanol–water partition coefficient (Wildman–Crippen LogP) is 3.41. The van der Waals surface area contributed by atoms with Crippen molar-refractivity contribution in [1.82, 2.24) is 4.98 Å². The fourth-order valence-corrected chi connectivity index (χ4v) is 2.76. The number of nitrogens with one attached hydrogen (secondary N) is 1. The number of nitrogens with zero attached hydrogens (tertiary/aromatic N) is 2. The van der Waals surface area contributed by atoms with Gasteiger partial charge in [0.05, 0.1) is 11.9 Å². The summed E-state index contributed by atoms with van der Waals surface area (Å²) in [6, 6.07) is 4.92. The number of pyridine rings is 1. The second kappa shape index (κ2) is 5.03. The van der Waals surface area contributed by atoms with Crippen molar-refractivity contribution in [3.63, 3.8) is 0 Å². The van der Waals surface area contributed by atoms with Gasteiger partial charge < -0.3 is 10.2 Å². The first-order valence-corrected chi connectivity index (χ1v) is 6.80. The van der Waals surface area contributed by atoms with Crippen LogP contribution in [0, 0.1) is 5.82 Å².